The second kappa shape index (κ2) is 5.33. The zero-order chi connectivity index (χ0) is 15.9. The molecule has 1 atom stereocenters. The van der Waals surface area contributed by atoms with Crippen LogP contribution in [0.1, 0.15) is 6.42 Å². The van der Waals surface area contributed by atoms with Crippen molar-refractivity contribution in [2.45, 2.75) is 19.1 Å². The smallest absolute Gasteiger partial charge is 0.271 e. The van der Waals surface area contributed by atoms with Gasteiger partial charge in [0.15, 0.2) is 9.84 Å². The number of benzene rings is 1. The van der Waals surface area contributed by atoms with Crippen molar-refractivity contribution >= 4 is 26.4 Å². The number of nitro groups is 1. The van der Waals surface area contributed by atoms with Gasteiger partial charge in [-0.3, -0.25) is 19.7 Å². The lowest BCUT2D eigenvalue weighted by atomic mass is 10.2. The van der Waals surface area contributed by atoms with Crippen LogP contribution in [0.2, 0.25) is 0 Å². The summed E-state index contributed by atoms with van der Waals surface area (Å²) >= 11 is 0. The lowest BCUT2D eigenvalue weighted by Gasteiger charge is -2.23. The third-order valence-electron chi connectivity index (χ3n) is 4.03. The van der Waals surface area contributed by atoms with E-state index in [2.05, 4.69) is 5.10 Å². The molecule has 1 aromatic carbocycles. The number of nitrogens with zero attached hydrogens (tertiary/aromatic N) is 4. The van der Waals surface area contributed by atoms with Crippen LogP contribution in [0.4, 0.5) is 5.69 Å². The number of hydrogen-bond acceptors (Lipinski definition) is 6. The molecule has 0 saturated carbocycles. The number of nitro benzene ring substituents is 1. The van der Waals surface area contributed by atoms with E-state index in [4.69, 9.17) is 0 Å². The Morgan fingerprint density at radius 3 is 2.91 bits per heavy atom. The van der Waals surface area contributed by atoms with Crippen LogP contribution in [-0.4, -0.2) is 52.6 Å². The number of rotatable bonds is 4. The predicted octanol–water partition coefficient (Wildman–Crippen LogP) is 1.02. The van der Waals surface area contributed by atoms with E-state index in [0.717, 1.165) is 5.39 Å². The van der Waals surface area contributed by atoms with Gasteiger partial charge in [0.2, 0.25) is 0 Å². The molecule has 1 unspecified atom stereocenters. The second-order valence-corrected chi connectivity index (χ2v) is 7.83. The summed E-state index contributed by atoms with van der Waals surface area (Å²) in [6.07, 6.45) is 2.26. The largest absolute Gasteiger partial charge is 0.283 e. The van der Waals surface area contributed by atoms with Crippen molar-refractivity contribution in [3.05, 3.63) is 34.5 Å². The maximum absolute atomic E-state index is 11.6. The van der Waals surface area contributed by atoms with Crippen LogP contribution >= 0.6 is 0 Å². The summed E-state index contributed by atoms with van der Waals surface area (Å²) in [5, 5.41) is 15.9. The van der Waals surface area contributed by atoms with E-state index in [1.165, 1.54) is 12.1 Å². The second-order valence-electron chi connectivity index (χ2n) is 5.60. The third kappa shape index (κ3) is 2.81. The Kier molecular flexibility index (Phi) is 3.61. The molecule has 0 radical (unpaired) electrons. The highest BCUT2D eigenvalue weighted by molar-refractivity contribution is 7.91. The molecule has 1 aliphatic rings. The summed E-state index contributed by atoms with van der Waals surface area (Å²) in [5.74, 6) is 0.371. The Balaban J connectivity index is 1.84. The summed E-state index contributed by atoms with van der Waals surface area (Å²) in [6, 6.07) is 4.56. The molecular weight excluding hydrogens is 308 g/mol. The molecule has 1 aromatic heterocycles. The van der Waals surface area contributed by atoms with Crippen LogP contribution in [0.25, 0.3) is 10.9 Å². The first kappa shape index (κ1) is 14.9. The Morgan fingerprint density at radius 2 is 2.27 bits per heavy atom. The molecule has 0 bridgehead atoms. The maximum atomic E-state index is 11.6. The molecule has 9 heteroatoms. The van der Waals surface area contributed by atoms with E-state index in [0.29, 0.717) is 18.6 Å². The highest BCUT2D eigenvalue weighted by Gasteiger charge is 2.30. The lowest BCUT2D eigenvalue weighted by molar-refractivity contribution is -0.384. The fraction of sp³-hybridized carbons (Fsp3) is 0.462. The number of fused-ring (bicyclic) bond motifs is 1. The van der Waals surface area contributed by atoms with Crippen LogP contribution in [0.3, 0.4) is 0 Å². The molecule has 0 aliphatic carbocycles. The van der Waals surface area contributed by atoms with Crippen molar-refractivity contribution in [3.63, 3.8) is 0 Å². The molecule has 1 aliphatic heterocycles. The number of non-ortho nitro benzene ring substituents is 1. The van der Waals surface area contributed by atoms with Gasteiger partial charge in [0.05, 0.1) is 34.8 Å². The van der Waals surface area contributed by atoms with E-state index >= 15 is 0 Å². The molecule has 0 N–H and O–H groups in total. The minimum atomic E-state index is -2.94. The Bertz CT molecular complexity index is 830. The lowest BCUT2D eigenvalue weighted by Crippen LogP contribution is -2.34. The van der Waals surface area contributed by atoms with Crippen molar-refractivity contribution < 1.29 is 13.3 Å². The minimum absolute atomic E-state index is 0.0142. The predicted molar refractivity (Wildman–Crippen MR) is 81.2 cm³/mol. The fourth-order valence-electron chi connectivity index (χ4n) is 2.73. The molecule has 1 fully saturated rings. The highest BCUT2D eigenvalue weighted by Crippen LogP contribution is 2.22. The van der Waals surface area contributed by atoms with Gasteiger partial charge in [-0.15, -0.1) is 0 Å². The van der Waals surface area contributed by atoms with Crippen LogP contribution in [0, 0.1) is 10.1 Å². The Hall–Kier alpha value is -2.00. The molecule has 8 nitrogen and oxygen atoms in total. The summed E-state index contributed by atoms with van der Waals surface area (Å²) in [5.41, 5.74) is 0.683. The average Bonchev–Trinajstić information content (AvgIpc) is 3.02. The minimum Gasteiger partial charge on any atom is -0.283 e. The summed E-state index contributed by atoms with van der Waals surface area (Å²) in [7, 11) is -1.10. The number of aromatic nitrogens is 2. The zero-order valence-electron chi connectivity index (χ0n) is 12.0. The molecule has 0 spiro atoms. The zero-order valence-corrected chi connectivity index (χ0v) is 12.9. The van der Waals surface area contributed by atoms with Gasteiger partial charge in [-0.2, -0.15) is 5.10 Å². The number of sulfone groups is 1. The monoisotopic (exact) mass is 324 g/mol. The standard InChI is InChI=1S/C13H16N4O4S/c1-15(12-4-5-22(20,21)8-12)9-16-13-6-11(17(18)19)3-2-10(13)7-14-16/h2-3,6-7,12H,4-5,8-9H2,1H3. The Labute approximate surface area is 127 Å². The van der Waals surface area contributed by atoms with E-state index in [1.807, 2.05) is 11.9 Å². The van der Waals surface area contributed by atoms with Crippen molar-refractivity contribution in [2.24, 2.45) is 0 Å². The van der Waals surface area contributed by atoms with E-state index < -0.39 is 14.8 Å². The first-order valence-corrected chi connectivity index (χ1v) is 8.68. The van der Waals surface area contributed by atoms with Gasteiger partial charge in [-0.05, 0) is 19.5 Å². The van der Waals surface area contributed by atoms with E-state index in [1.54, 1.807) is 16.9 Å². The van der Waals surface area contributed by atoms with Crippen molar-refractivity contribution in [2.75, 3.05) is 18.6 Å². The van der Waals surface area contributed by atoms with E-state index in [9.17, 15) is 18.5 Å². The van der Waals surface area contributed by atoms with Crippen LogP contribution < -0.4 is 0 Å². The van der Waals surface area contributed by atoms with Gasteiger partial charge in [0, 0.05) is 23.6 Å². The average molecular weight is 324 g/mol. The topological polar surface area (TPSA) is 98.3 Å². The van der Waals surface area contributed by atoms with Crippen molar-refractivity contribution in [1.29, 1.82) is 0 Å². The van der Waals surface area contributed by atoms with Gasteiger partial charge in [0.25, 0.3) is 5.69 Å². The molecule has 3 rings (SSSR count). The third-order valence-corrected chi connectivity index (χ3v) is 5.78. The summed E-state index contributed by atoms with van der Waals surface area (Å²) < 4.78 is 24.8. The van der Waals surface area contributed by atoms with Gasteiger partial charge in [-0.1, -0.05) is 0 Å². The normalized spacial score (nSPS) is 20.7. The fourth-order valence-corrected chi connectivity index (χ4v) is 4.54. The first-order valence-electron chi connectivity index (χ1n) is 6.86. The van der Waals surface area contributed by atoms with Crippen molar-refractivity contribution in [3.8, 4) is 0 Å². The summed E-state index contributed by atoms with van der Waals surface area (Å²) in [4.78, 5) is 12.4. The molecule has 118 valence electrons. The molecule has 0 amide bonds. The molecule has 2 heterocycles. The molecule has 2 aromatic rings. The Morgan fingerprint density at radius 1 is 1.50 bits per heavy atom. The molecular formula is C13H16N4O4S. The maximum Gasteiger partial charge on any atom is 0.271 e. The highest BCUT2D eigenvalue weighted by atomic mass is 32.2. The van der Waals surface area contributed by atoms with Crippen LogP contribution in [0.15, 0.2) is 24.4 Å². The SMILES string of the molecule is CN(Cn1ncc2ccc([N+](=O)[O-])cc21)C1CCS(=O)(=O)C1. The van der Waals surface area contributed by atoms with E-state index in [-0.39, 0.29) is 23.2 Å². The number of hydrogen-bond donors (Lipinski definition) is 0. The molecule has 22 heavy (non-hydrogen) atoms. The first-order chi connectivity index (χ1) is 10.4. The molecule has 1 saturated heterocycles. The van der Waals surface area contributed by atoms with Gasteiger partial charge < -0.3 is 0 Å². The van der Waals surface area contributed by atoms with Gasteiger partial charge in [0.1, 0.15) is 0 Å². The van der Waals surface area contributed by atoms with Gasteiger partial charge in [-0.25, -0.2) is 8.42 Å². The quantitative estimate of drug-likeness (QED) is 0.615. The summed E-state index contributed by atoms with van der Waals surface area (Å²) in [6.45, 7) is 0.394. The van der Waals surface area contributed by atoms with Crippen LogP contribution in [0.5, 0.6) is 0 Å². The van der Waals surface area contributed by atoms with Gasteiger partial charge >= 0.3 is 0 Å². The van der Waals surface area contributed by atoms with Crippen LogP contribution in [-0.2, 0) is 16.5 Å². The van der Waals surface area contributed by atoms with Crippen molar-refractivity contribution in [1.82, 2.24) is 14.7 Å².